The molecule has 0 aliphatic carbocycles. The summed E-state index contributed by atoms with van der Waals surface area (Å²) in [6.45, 7) is 1.64. The standard InChI is InChI=1S/C15H23N5O7/c16-7-6-8(19-4-2-1-3-5-19)18-15(17)20(7)27-14-11(23)9(21)10(22)12(26-14)13(24)25/h6,9-12,14,21-23H,1-5H2,(H4,16,17,18,24,25)/t9-,10-,11+,12-,14?/m0/s1. The number of piperidine rings is 1. The van der Waals surface area contributed by atoms with Crippen LogP contribution in [0.1, 0.15) is 19.3 Å². The lowest BCUT2D eigenvalue weighted by Crippen LogP contribution is -2.67. The largest absolute Gasteiger partial charge is 0.547 e. The molecule has 2 aliphatic heterocycles. The quantitative estimate of drug-likeness (QED) is 0.314. The summed E-state index contributed by atoms with van der Waals surface area (Å²) < 4.78 is 5.85. The number of aliphatic hydroxyl groups excluding tert-OH is 3. The molecule has 0 saturated carbocycles. The van der Waals surface area contributed by atoms with Gasteiger partial charge in [0, 0.05) is 13.1 Å². The number of aliphatic hydroxyl groups is 3. The van der Waals surface area contributed by atoms with E-state index in [0.717, 1.165) is 37.1 Å². The van der Waals surface area contributed by atoms with Crippen molar-refractivity contribution in [2.24, 2.45) is 0 Å². The number of nitrogens with zero attached hydrogens (tertiary/aromatic N) is 3. The van der Waals surface area contributed by atoms with E-state index < -0.39 is 36.7 Å². The molecule has 0 spiro atoms. The fourth-order valence-electron chi connectivity index (χ4n) is 3.15. The predicted molar refractivity (Wildman–Crippen MR) is 87.6 cm³/mol. The molecular formula is C15H23N5O7. The van der Waals surface area contributed by atoms with Crippen LogP contribution in [0.2, 0.25) is 0 Å². The average molecular weight is 385 g/mol. The third kappa shape index (κ3) is 3.83. The molecule has 1 aromatic heterocycles. The number of carboxylic acids is 1. The van der Waals surface area contributed by atoms with Crippen LogP contribution in [0.15, 0.2) is 6.07 Å². The highest BCUT2D eigenvalue weighted by atomic mass is 16.8. The van der Waals surface area contributed by atoms with Gasteiger partial charge in [-0.15, -0.1) is 0 Å². The maximum absolute atomic E-state index is 11.1. The summed E-state index contributed by atoms with van der Waals surface area (Å²) in [6.07, 6.45) is -5.87. The molecule has 2 saturated heterocycles. The van der Waals surface area contributed by atoms with E-state index in [4.69, 9.17) is 21.0 Å². The average Bonchev–Trinajstić information content (AvgIpc) is 2.64. The maximum atomic E-state index is 11.1. The first kappa shape index (κ1) is 19.4. The van der Waals surface area contributed by atoms with E-state index in [1.54, 1.807) is 0 Å². The highest BCUT2D eigenvalue weighted by Crippen LogP contribution is 2.22. The molecule has 27 heavy (non-hydrogen) atoms. The molecule has 150 valence electrons. The molecule has 2 aliphatic rings. The van der Waals surface area contributed by atoms with Crippen LogP contribution < -0.4 is 31.0 Å². The summed E-state index contributed by atoms with van der Waals surface area (Å²) in [5, 5.41) is 40.6. The Hall–Kier alpha value is -2.41. The van der Waals surface area contributed by atoms with Gasteiger partial charge in [-0.05, 0) is 24.0 Å². The van der Waals surface area contributed by atoms with E-state index in [1.165, 1.54) is 6.07 Å². The van der Waals surface area contributed by atoms with Crippen LogP contribution in [0.5, 0.6) is 0 Å². The van der Waals surface area contributed by atoms with Crippen molar-refractivity contribution in [1.29, 1.82) is 0 Å². The first-order chi connectivity index (χ1) is 12.8. The van der Waals surface area contributed by atoms with Gasteiger partial charge in [0.05, 0.1) is 12.0 Å². The molecule has 0 amide bonds. The van der Waals surface area contributed by atoms with Crippen LogP contribution in [-0.4, -0.2) is 70.1 Å². The zero-order valence-corrected chi connectivity index (χ0v) is 14.5. The molecule has 0 radical (unpaired) electrons. The fraction of sp³-hybridized carbons (Fsp3) is 0.667. The second-order valence-corrected chi connectivity index (χ2v) is 6.56. The minimum atomic E-state index is -1.91. The van der Waals surface area contributed by atoms with Crippen molar-refractivity contribution in [3.8, 4) is 0 Å². The number of ether oxygens (including phenoxy) is 1. The topological polar surface area (TPSA) is 191 Å². The summed E-state index contributed by atoms with van der Waals surface area (Å²) in [7, 11) is 0. The number of carbonyl (C=O) groups is 1. The van der Waals surface area contributed by atoms with E-state index in [1.807, 2.05) is 4.90 Å². The Bertz CT molecular complexity index is 676. The summed E-state index contributed by atoms with van der Waals surface area (Å²) in [4.78, 5) is 22.6. The van der Waals surface area contributed by atoms with Gasteiger partial charge in [0.2, 0.25) is 5.82 Å². The molecular weight excluding hydrogens is 362 g/mol. The molecule has 3 rings (SSSR count). The Morgan fingerprint density at radius 3 is 2.48 bits per heavy atom. The van der Waals surface area contributed by atoms with Gasteiger partial charge in [-0.2, -0.15) is 0 Å². The van der Waals surface area contributed by atoms with Gasteiger partial charge in [-0.1, -0.05) is 4.98 Å². The van der Waals surface area contributed by atoms with E-state index in [9.17, 15) is 25.2 Å². The van der Waals surface area contributed by atoms with Gasteiger partial charge in [0.25, 0.3) is 6.29 Å². The Morgan fingerprint density at radius 2 is 1.89 bits per heavy atom. The fourth-order valence-corrected chi connectivity index (χ4v) is 3.15. The number of hydrogen-bond donors (Lipinski definition) is 5. The van der Waals surface area contributed by atoms with Gasteiger partial charge in [-0.25, -0.2) is 0 Å². The third-order valence-corrected chi connectivity index (χ3v) is 4.64. The first-order valence-electron chi connectivity index (χ1n) is 8.60. The molecule has 7 N–H and O–H groups in total. The minimum absolute atomic E-state index is 0.0319. The molecule has 3 heterocycles. The van der Waals surface area contributed by atoms with Gasteiger partial charge in [-0.3, -0.25) is 0 Å². The van der Waals surface area contributed by atoms with Crippen LogP contribution in [0.25, 0.3) is 0 Å². The molecule has 1 aromatic rings. The lowest BCUT2D eigenvalue weighted by molar-refractivity contribution is -0.889. The second kappa shape index (κ2) is 7.68. The van der Waals surface area contributed by atoms with Gasteiger partial charge in [0.1, 0.15) is 24.4 Å². The van der Waals surface area contributed by atoms with Crippen molar-refractivity contribution in [3.63, 3.8) is 0 Å². The van der Waals surface area contributed by atoms with Gasteiger partial charge < -0.3 is 51.2 Å². The zero-order chi connectivity index (χ0) is 19.7. The van der Waals surface area contributed by atoms with Crippen LogP contribution in [-0.2, 0) is 9.53 Å². The molecule has 0 aromatic carbocycles. The number of rotatable bonds is 4. The van der Waals surface area contributed by atoms with Gasteiger partial charge >= 0.3 is 5.95 Å². The van der Waals surface area contributed by atoms with Crippen LogP contribution in [0, 0.1) is 0 Å². The monoisotopic (exact) mass is 385 g/mol. The smallest absolute Gasteiger partial charge is 0.383 e. The minimum Gasteiger partial charge on any atom is -0.547 e. The molecule has 1 unspecified atom stereocenters. The zero-order valence-electron chi connectivity index (χ0n) is 14.5. The predicted octanol–water partition coefficient (Wildman–Crippen LogP) is -4.49. The van der Waals surface area contributed by atoms with Crippen molar-refractivity contribution in [2.45, 2.75) is 50.0 Å². The highest BCUT2D eigenvalue weighted by molar-refractivity contribution is 5.71. The SMILES string of the molecule is Nc1cc(N2CCCCC2)nc(N)[n+]1OC1O[C@H](C(=O)[O-])[C@@H](O)[C@H](O)[C@H]1O. The summed E-state index contributed by atoms with van der Waals surface area (Å²) in [5.41, 5.74) is 11.9. The summed E-state index contributed by atoms with van der Waals surface area (Å²) in [6, 6.07) is 1.53. The number of nitrogen functional groups attached to an aromatic ring is 2. The lowest BCUT2D eigenvalue weighted by Gasteiger charge is -2.39. The van der Waals surface area contributed by atoms with E-state index in [-0.39, 0.29) is 11.8 Å². The van der Waals surface area contributed by atoms with Crippen LogP contribution in [0.3, 0.4) is 0 Å². The number of aromatic nitrogens is 2. The van der Waals surface area contributed by atoms with Crippen LogP contribution >= 0.6 is 0 Å². The second-order valence-electron chi connectivity index (χ2n) is 6.56. The Balaban J connectivity index is 1.81. The Morgan fingerprint density at radius 1 is 1.22 bits per heavy atom. The molecule has 0 bridgehead atoms. The van der Waals surface area contributed by atoms with Crippen molar-refractivity contribution >= 4 is 23.6 Å². The summed E-state index contributed by atoms with van der Waals surface area (Å²) >= 11 is 0. The van der Waals surface area contributed by atoms with E-state index >= 15 is 0 Å². The Kier molecular flexibility index (Phi) is 5.51. The van der Waals surface area contributed by atoms with Crippen molar-refractivity contribution in [3.05, 3.63) is 6.07 Å². The number of hydrogen-bond acceptors (Lipinski definition) is 11. The van der Waals surface area contributed by atoms with Crippen molar-refractivity contribution in [1.82, 2.24) is 4.98 Å². The van der Waals surface area contributed by atoms with Crippen LogP contribution in [0.4, 0.5) is 17.6 Å². The molecule has 12 nitrogen and oxygen atoms in total. The first-order valence-corrected chi connectivity index (χ1v) is 8.60. The normalized spacial score (nSPS) is 31.5. The Labute approximate surface area is 154 Å². The maximum Gasteiger partial charge on any atom is 0.383 e. The number of carboxylic acid groups (broad SMARTS) is 1. The molecule has 12 heteroatoms. The highest BCUT2D eigenvalue weighted by Gasteiger charge is 2.46. The number of carbonyl (C=O) groups excluding carboxylic acids is 1. The van der Waals surface area contributed by atoms with E-state index in [0.29, 0.717) is 5.82 Å². The molecule has 5 atom stereocenters. The lowest BCUT2D eigenvalue weighted by atomic mass is 9.99. The van der Waals surface area contributed by atoms with Crippen molar-refractivity contribution in [2.75, 3.05) is 29.5 Å². The van der Waals surface area contributed by atoms with Crippen molar-refractivity contribution < 1.29 is 39.5 Å². The summed E-state index contributed by atoms with van der Waals surface area (Å²) in [5.74, 6) is -1.33. The molecule has 2 fully saturated rings. The number of aliphatic carboxylic acids is 1. The number of anilines is 3. The van der Waals surface area contributed by atoms with Gasteiger partial charge in [0.15, 0.2) is 5.82 Å². The van der Waals surface area contributed by atoms with E-state index in [2.05, 4.69) is 4.98 Å². The number of nitrogens with two attached hydrogens (primary N) is 2. The third-order valence-electron chi connectivity index (χ3n) is 4.64.